The maximum atomic E-state index is 12.5. The Morgan fingerprint density at radius 3 is 2.60 bits per heavy atom. The molecule has 1 unspecified atom stereocenters. The van der Waals surface area contributed by atoms with Gasteiger partial charge in [0.25, 0.3) is 0 Å². The molecule has 0 saturated heterocycles. The summed E-state index contributed by atoms with van der Waals surface area (Å²) < 4.78 is 26.0. The number of rotatable bonds is 7. The fourth-order valence-electron chi connectivity index (χ4n) is 1.80. The largest absolute Gasteiger partial charge is 0.369 e. The van der Waals surface area contributed by atoms with E-state index in [1.807, 2.05) is 13.0 Å². The van der Waals surface area contributed by atoms with Gasteiger partial charge in [-0.3, -0.25) is 4.79 Å². The second-order valence-corrected chi connectivity index (χ2v) is 6.42. The Balaban J connectivity index is 3.17. The number of likely N-dealkylation sites (N-methyl/N-ethyl adjacent to an activating group) is 1. The van der Waals surface area contributed by atoms with Gasteiger partial charge in [0.2, 0.25) is 15.9 Å². The molecular weight excluding hydrogens is 278 g/mol. The zero-order valence-corrected chi connectivity index (χ0v) is 12.8. The number of nitrogens with zero attached hydrogens (tertiary/aromatic N) is 1. The van der Waals surface area contributed by atoms with Crippen molar-refractivity contribution in [2.75, 3.05) is 20.1 Å². The maximum absolute atomic E-state index is 12.5. The highest BCUT2D eigenvalue weighted by atomic mass is 32.2. The van der Waals surface area contributed by atoms with Crippen LogP contribution in [0.4, 0.5) is 0 Å². The monoisotopic (exact) mass is 299 g/mol. The first kappa shape index (κ1) is 16.6. The van der Waals surface area contributed by atoms with Crippen LogP contribution in [0.15, 0.2) is 29.2 Å². The lowest BCUT2D eigenvalue weighted by Gasteiger charge is -2.20. The number of nitrogens with two attached hydrogens (primary N) is 1. The summed E-state index contributed by atoms with van der Waals surface area (Å²) in [5.74, 6) is -0.671. The Labute approximate surface area is 120 Å². The molecule has 0 saturated carbocycles. The van der Waals surface area contributed by atoms with Crippen molar-refractivity contribution in [2.24, 2.45) is 5.73 Å². The molecule has 3 N–H and O–H groups in total. The topological polar surface area (TPSA) is 92.5 Å². The lowest BCUT2D eigenvalue weighted by molar-refractivity contribution is -0.118. The third-order valence-electron chi connectivity index (χ3n) is 3.11. The van der Waals surface area contributed by atoms with Gasteiger partial charge in [0.05, 0.1) is 11.4 Å². The molecule has 20 heavy (non-hydrogen) atoms. The van der Waals surface area contributed by atoms with Crippen molar-refractivity contribution >= 4 is 15.9 Å². The SMILES string of the molecule is CCN(CC(N)=O)S(=O)(=O)c1cccc(C(C)NC)c1. The van der Waals surface area contributed by atoms with Gasteiger partial charge in [-0.05, 0) is 31.7 Å². The summed E-state index contributed by atoms with van der Waals surface area (Å²) in [6.45, 7) is 3.48. The number of nitrogens with one attached hydrogen (secondary N) is 1. The van der Waals surface area contributed by atoms with Crippen molar-refractivity contribution in [1.29, 1.82) is 0 Å². The van der Waals surface area contributed by atoms with Gasteiger partial charge in [-0.1, -0.05) is 19.1 Å². The highest BCUT2D eigenvalue weighted by Gasteiger charge is 2.24. The van der Waals surface area contributed by atoms with E-state index in [-0.39, 0.29) is 24.0 Å². The van der Waals surface area contributed by atoms with E-state index < -0.39 is 15.9 Å². The Kier molecular flexibility index (Phi) is 5.67. The number of sulfonamides is 1. The predicted octanol–water partition coefficient (Wildman–Crippen LogP) is 0.463. The number of hydrogen-bond donors (Lipinski definition) is 2. The first-order valence-corrected chi connectivity index (χ1v) is 7.82. The summed E-state index contributed by atoms with van der Waals surface area (Å²) in [6, 6.07) is 6.71. The number of primary amides is 1. The lowest BCUT2D eigenvalue weighted by atomic mass is 10.1. The van der Waals surface area contributed by atoms with E-state index in [9.17, 15) is 13.2 Å². The van der Waals surface area contributed by atoms with Gasteiger partial charge in [-0.15, -0.1) is 0 Å². The Morgan fingerprint density at radius 2 is 2.10 bits per heavy atom. The van der Waals surface area contributed by atoms with Crippen LogP contribution in [0.5, 0.6) is 0 Å². The summed E-state index contributed by atoms with van der Waals surface area (Å²) in [6.07, 6.45) is 0. The molecule has 0 aliphatic heterocycles. The molecule has 1 aromatic rings. The molecule has 0 aromatic heterocycles. The molecule has 1 amide bonds. The summed E-state index contributed by atoms with van der Waals surface area (Å²) >= 11 is 0. The summed E-state index contributed by atoms with van der Waals surface area (Å²) in [5, 5.41) is 3.05. The third kappa shape index (κ3) is 3.78. The van der Waals surface area contributed by atoms with E-state index >= 15 is 0 Å². The molecule has 1 atom stereocenters. The molecule has 6 nitrogen and oxygen atoms in total. The molecule has 1 rings (SSSR count). The van der Waals surface area contributed by atoms with Gasteiger partial charge in [0.1, 0.15) is 0 Å². The number of hydrogen-bond acceptors (Lipinski definition) is 4. The van der Waals surface area contributed by atoms with Crippen LogP contribution in [0.25, 0.3) is 0 Å². The number of amides is 1. The second-order valence-electron chi connectivity index (χ2n) is 4.48. The fourth-order valence-corrected chi connectivity index (χ4v) is 3.27. The van der Waals surface area contributed by atoms with Gasteiger partial charge in [-0.25, -0.2) is 8.42 Å². The molecule has 7 heteroatoms. The van der Waals surface area contributed by atoms with E-state index in [2.05, 4.69) is 5.32 Å². The number of benzene rings is 1. The van der Waals surface area contributed by atoms with Crippen molar-refractivity contribution in [3.63, 3.8) is 0 Å². The molecule has 0 aliphatic rings. The first-order valence-electron chi connectivity index (χ1n) is 6.38. The minimum absolute atomic E-state index is 0.0383. The number of carbonyl (C=O) groups is 1. The predicted molar refractivity (Wildman–Crippen MR) is 77.5 cm³/mol. The molecular formula is C13H21N3O3S. The first-order chi connectivity index (χ1) is 9.32. The Hall–Kier alpha value is -1.44. The van der Waals surface area contributed by atoms with Crippen LogP contribution in [-0.4, -0.2) is 38.8 Å². The van der Waals surface area contributed by atoms with Crippen molar-refractivity contribution in [3.8, 4) is 0 Å². The van der Waals surface area contributed by atoms with Gasteiger partial charge < -0.3 is 11.1 Å². The molecule has 0 heterocycles. The second kappa shape index (κ2) is 6.83. The van der Waals surface area contributed by atoms with Gasteiger partial charge in [-0.2, -0.15) is 4.31 Å². The van der Waals surface area contributed by atoms with Crippen LogP contribution in [0.1, 0.15) is 25.5 Å². The fraction of sp³-hybridized carbons (Fsp3) is 0.462. The van der Waals surface area contributed by atoms with Crippen LogP contribution < -0.4 is 11.1 Å². The van der Waals surface area contributed by atoms with Crippen LogP contribution in [-0.2, 0) is 14.8 Å². The third-order valence-corrected chi connectivity index (χ3v) is 5.03. The molecule has 112 valence electrons. The van der Waals surface area contributed by atoms with Crippen molar-refractivity contribution in [3.05, 3.63) is 29.8 Å². The maximum Gasteiger partial charge on any atom is 0.243 e. The molecule has 0 bridgehead atoms. The lowest BCUT2D eigenvalue weighted by Crippen LogP contribution is -2.38. The van der Waals surface area contributed by atoms with Crippen LogP contribution in [0, 0.1) is 0 Å². The molecule has 0 spiro atoms. The van der Waals surface area contributed by atoms with Crippen LogP contribution in [0.3, 0.4) is 0 Å². The van der Waals surface area contributed by atoms with E-state index in [1.54, 1.807) is 26.1 Å². The zero-order chi connectivity index (χ0) is 15.3. The standard InChI is InChI=1S/C13H21N3O3S/c1-4-16(9-13(14)17)20(18,19)12-7-5-6-11(8-12)10(2)15-3/h5-8,10,15H,4,9H2,1-3H3,(H2,14,17). The van der Waals surface area contributed by atoms with Gasteiger partial charge in [0, 0.05) is 12.6 Å². The van der Waals surface area contributed by atoms with Gasteiger partial charge in [0.15, 0.2) is 0 Å². The highest BCUT2D eigenvalue weighted by Crippen LogP contribution is 2.20. The van der Waals surface area contributed by atoms with Crippen molar-refractivity contribution in [2.45, 2.75) is 24.8 Å². The smallest absolute Gasteiger partial charge is 0.243 e. The Bertz CT molecular complexity index is 572. The Morgan fingerprint density at radius 1 is 1.45 bits per heavy atom. The zero-order valence-electron chi connectivity index (χ0n) is 12.0. The van der Waals surface area contributed by atoms with E-state index in [0.717, 1.165) is 9.87 Å². The average Bonchev–Trinajstić information content (AvgIpc) is 2.43. The van der Waals surface area contributed by atoms with E-state index in [0.29, 0.717) is 0 Å². The minimum Gasteiger partial charge on any atom is -0.369 e. The highest BCUT2D eigenvalue weighted by molar-refractivity contribution is 7.89. The molecule has 0 fully saturated rings. The quantitative estimate of drug-likeness (QED) is 0.765. The van der Waals surface area contributed by atoms with Gasteiger partial charge >= 0.3 is 0 Å². The van der Waals surface area contributed by atoms with Crippen molar-refractivity contribution < 1.29 is 13.2 Å². The summed E-state index contributed by atoms with van der Waals surface area (Å²) in [5.41, 5.74) is 5.95. The van der Waals surface area contributed by atoms with Crippen LogP contribution in [0.2, 0.25) is 0 Å². The molecule has 0 aliphatic carbocycles. The summed E-state index contributed by atoms with van der Waals surface area (Å²) in [7, 11) is -1.90. The normalized spacial score (nSPS) is 13.4. The molecule has 1 aromatic carbocycles. The van der Waals surface area contributed by atoms with E-state index in [1.165, 1.54) is 6.07 Å². The minimum atomic E-state index is -3.71. The average molecular weight is 299 g/mol. The number of carbonyl (C=O) groups excluding carboxylic acids is 1. The summed E-state index contributed by atoms with van der Waals surface area (Å²) in [4.78, 5) is 11.1. The van der Waals surface area contributed by atoms with Crippen LogP contribution >= 0.6 is 0 Å². The van der Waals surface area contributed by atoms with Crippen molar-refractivity contribution in [1.82, 2.24) is 9.62 Å². The van der Waals surface area contributed by atoms with E-state index in [4.69, 9.17) is 5.73 Å². The molecule has 0 radical (unpaired) electrons.